The number of hydrogen-bond acceptors (Lipinski definition) is 1. The van der Waals surface area contributed by atoms with E-state index in [1.165, 1.54) is 27.2 Å². The number of quaternary nitrogens is 1. The van der Waals surface area contributed by atoms with Crippen LogP contribution >= 0.6 is 0 Å². The van der Waals surface area contributed by atoms with E-state index in [2.05, 4.69) is 74.9 Å². The van der Waals surface area contributed by atoms with E-state index in [-0.39, 0.29) is 11.9 Å². The minimum atomic E-state index is 0.0609. The summed E-state index contributed by atoms with van der Waals surface area (Å²) in [6.07, 6.45) is 0.401. The number of hydrogen-bond donors (Lipinski definition) is 2. The fraction of sp³-hybridized carbons (Fsp3) is 0.240. The van der Waals surface area contributed by atoms with Crippen LogP contribution in [-0.2, 0) is 11.2 Å². The molecule has 0 fully saturated rings. The molecule has 0 radical (unpaired) electrons. The Kier molecular flexibility index (Phi) is 6.62. The van der Waals surface area contributed by atoms with Gasteiger partial charge in [-0.3, -0.25) is 4.79 Å². The normalized spacial score (nSPS) is 12.0. The Labute approximate surface area is 168 Å². The quantitative estimate of drug-likeness (QED) is 0.655. The van der Waals surface area contributed by atoms with Crippen LogP contribution in [0.25, 0.3) is 11.1 Å². The molecule has 0 spiro atoms. The van der Waals surface area contributed by atoms with Gasteiger partial charge >= 0.3 is 0 Å². The molecule has 0 aliphatic rings. The summed E-state index contributed by atoms with van der Waals surface area (Å²) < 4.78 is 0. The summed E-state index contributed by atoms with van der Waals surface area (Å²) in [5.41, 5.74) is 5.88. The van der Waals surface area contributed by atoms with Crippen molar-refractivity contribution >= 4 is 5.91 Å². The molecule has 0 aliphatic heterocycles. The summed E-state index contributed by atoms with van der Waals surface area (Å²) in [6.45, 7) is 2.72. The molecule has 3 rings (SSSR count). The Morgan fingerprint density at radius 2 is 1.46 bits per heavy atom. The smallest absolute Gasteiger partial charge is 0.224 e. The van der Waals surface area contributed by atoms with Gasteiger partial charge in [0.15, 0.2) is 0 Å². The summed E-state index contributed by atoms with van der Waals surface area (Å²) in [5.74, 6) is 0.0609. The first-order valence-electron chi connectivity index (χ1n) is 9.80. The molecular formula is C25H29N2O+. The van der Waals surface area contributed by atoms with Crippen molar-refractivity contribution in [1.82, 2.24) is 5.32 Å². The molecule has 144 valence electrons. The molecule has 3 aromatic carbocycles. The highest BCUT2D eigenvalue weighted by atomic mass is 16.1. The zero-order valence-electron chi connectivity index (χ0n) is 16.9. The number of amides is 1. The van der Waals surface area contributed by atoms with Gasteiger partial charge in [-0.25, -0.2) is 0 Å². The zero-order valence-corrected chi connectivity index (χ0v) is 16.9. The van der Waals surface area contributed by atoms with Gasteiger partial charge in [0.1, 0.15) is 6.04 Å². The number of nitrogens with one attached hydrogen (secondary N) is 2. The first-order chi connectivity index (χ1) is 13.5. The lowest BCUT2D eigenvalue weighted by Gasteiger charge is -2.22. The Morgan fingerprint density at radius 1 is 0.857 bits per heavy atom. The summed E-state index contributed by atoms with van der Waals surface area (Å²) in [5, 5.41) is 3.11. The maximum absolute atomic E-state index is 12.5. The maximum Gasteiger partial charge on any atom is 0.224 e. The van der Waals surface area contributed by atoms with Crippen molar-refractivity contribution in [1.29, 1.82) is 0 Å². The summed E-state index contributed by atoms with van der Waals surface area (Å²) in [7, 11) is 4.25. The van der Waals surface area contributed by atoms with Crippen LogP contribution in [0.5, 0.6) is 0 Å². The summed E-state index contributed by atoms with van der Waals surface area (Å²) in [4.78, 5) is 13.8. The van der Waals surface area contributed by atoms with Crippen LogP contribution in [0.3, 0.4) is 0 Å². The largest absolute Gasteiger partial charge is 0.349 e. The Hall–Kier alpha value is -2.91. The molecule has 3 heteroatoms. The Bertz CT molecular complexity index is 884. The van der Waals surface area contributed by atoms with Crippen molar-refractivity contribution in [2.45, 2.75) is 19.4 Å². The highest BCUT2D eigenvalue weighted by Crippen LogP contribution is 2.19. The summed E-state index contributed by atoms with van der Waals surface area (Å²) >= 11 is 0. The third kappa shape index (κ3) is 5.30. The van der Waals surface area contributed by atoms with Crippen molar-refractivity contribution < 1.29 is 9.69 Å². The predicted molar refractivity (Wildman–Crippen MR) is 115 cm³/mol. The molecule has 0 bridgehead atoms. The zero-order chi connectivity index (χ0) is 19.9. The molecule has 0 heterocycles. The number of carbonyl (C=O) groups excluding carboxylic acids is 1. The first kappa shape index (κ1) is 19.8. The van der Waals surface area contributed by atoms with Gasteiger partial charge in [-0.15, -0.1) is 0 Å². The highest BCUT2D eigenvalue weighted by Gasteiger charge is 2.18. The molecule has 2 N–H and O–H groups in total. The van der Waals surface area contributed by atoms with E-state index in [1.807, 2.05) is 30.3 Å². The lowest BCUT2D eigenvalue weighted by Crippen LogP contribution is -3.07. The number of aryl methyl sites for hydroxylation is 1. The van der Waals surface area contributed by atoms with E-state index in [0.717, 1.165) is 5.56 Å². The molecule has 1 atom stereocenters. The molecule has 0 aromatic heterocycles. The van der Waals surface area contributed by atoms with Crippen LogP contribution < -0.4 is 10.2 Å². The molecule has 3 aromatic rings. The number of likely N-dealkylation sites (N-methyl/N-ethyl adjacent to an activating group) is 1. The van der Waals surface area contributed by atoms with E-state index in [0.29, 0.717) is 13.0 Å². The van der Waals surface area contributed by atoms with Gasteiger partial charge in [-0.05, 0) is 23.6 Å². The van der Waals surface area contributed by atoms with Gasteiger partial charge in [-0.1, -0.05) is 84.4 Å². The number of benzene rings is 3. The molecule has 3 nitrogen and oxygen atoms in total. The minimum Gasteiger partial charge on any atom is -0.349 e. The second-order valence-corrected chi connectivity index (χ2v) is 7.58. The standard InChI is InChI=1S/C25H28N2O/c1-19-9-13-23(14-10-19)24(27(2)3)18-26-25(28)17-20-11-15-22(16-12-20)21-7-5-4-6-8-21/h4-16,24H,17-18H2,1-3H3,(H,26,28)/p+1/t24-/m0/s1. The third-order valence-electron chi connectivity index (χ3n) is 5.11. The van der Waals surface area contributed by atoms with Gasteiger partial charge in [0, 0.05) is 5.56 Å². The van der Waals surface area contributed by atoms with Crippen LogP contribution in [0.1, 0.15) is 22.7 Å². The predicted octanol–water partition coefficient (Wildman–Crippen LogP) is 3.21. The van der Waals surface area contributed by atoms with Gasteiger partial charge in [0.05, 0.1) is 27.1 Å². The molecule has 0 saturated carbocycles. The van der Waals surface area contributed by atoms with E-state index in [4.69, 9.17) is 0 Å². The Balaban J connectivity index is 1.58. The minimum absolute atomic E-state index is 0.0609. The average Bonchev–Trinajstić information content (AvgIpc) is 2.70. The maximum atomic E-state index is 12.5. The van der Waals surface area contributed by atoms with Crippen molar-refractivity contribution in [3.05, 3.63) is 95.6 Å². The second-order valence-electron chi connectivity index (χ2n) is 7.58. The average molecular weight is 374 g/mol. The number of rotatable bonds is 7. The second kappa shape index (κ2) is 9.34. The summed E-state index contributed by atoms with van der Waals surface area (Å²) in [6, 6.07) is 27.3. The van der Waals surface area contributed by atoms with Crippen molar-refractivity contribution in [2.24, 2.45) is 0 Å². The molecule has 1 amide bonds. The number of carbonyl (C=O) groups is 1. The lowest BCUT2D eigenvalue weighted by molar-refractivity contribution is -0.890. The van der Waals surface area contributed by atoms with Gasteiger partial charge in [0.2, 0.25) is 5.91 Å². The van der Waals surface area contributed by atoms with Gasteiger partial charge in [-0.2, -0.15) is 0 Å². The highest BCUT2D eigenvalue weighted by molar-refractivity contribution is 5.79. The topological polar surface area (TPSA) is 33.5 Å². The van der Waals surface area contributed by atoms with Crippen molar-refractivity contribution in [3.8, 4) is 11.1 Å². The molecule has 0 unspecified atom stereocenters. The fourth-order valence-electron chi connectivity index (χ4n) is 3.36. The Morgan fingerprint density at radius 3 is 2.07 bits per heavy atom. The van der Waals surface area contributed by atoms with Gasteiger partial charge < -0.3 is 10.2 Å². The monoisotopic (exact) mass is 373 g/mol. The van der Waals surface area contributed by atoms with Crippen molar-refractivity contribution in [2.75, 3.05) is 20.6 Å². The molecule has 0 aliphatic carbocycles. The van der Waals surface area contributed by atoms with Crippen LogP contribution in [0.15, 0.2) is 78.9 Å². The van der Waals surface area contributed by atoms with E-state index >= 15 is 0 Å². The first-order valence-corrected chi connectivity index (χ1v) is 9.80. The lowest BCUT2D eigenvalue weighted by atomic mass is 10.0. The molecule has 28 heavy (non-hydrogen) atoms. The van der Waals surface area contributed by atoms with E-state index < -0.39 is 0 Å². The SMILES string of the molecule is Cc1ccc([C@H](CNC(=O)Cc2ccc(-c3ccccc3)cc2)[NH+](C)C)cc1. The molecule has 0 saturated heterocycles. The van der Waals surface area contributed by atoms with E-state index in [1.54, 1.807) is 0 Å². The van der Waals surface area contributed by atoms with Gasteiger partial charge in [0.25, 0.3) is 0 Å². The third-order valence-corrected chi connectivity index (χ3v) is 5.11. The van der Waals surface area contributed by atoms with Crippen molar-refractivity contribution in [3.63, 3.8) is 0 Å². The van der Waals surface area contributed by atoms with Crippen LogP contribution in [0, 0.1) is 6.92 Å². The fourth-order valence-corrected chi connectivity index (χ4v) is 3.36. The van der Waals surface area contributed by atoms with E-state index in [9.17, 15) is 4.79 Å². The molecular weight excluding hydrogens is 344 g/mol. The van der Waals surface area contributed by atoms with Crippen LogP contribution in [0.2, 0.25) is 0 Å². The van der Waals surface area contributed by atoms with Crippen LogP contribution in [0.4, 0.5) is 0 Å². The van der Waals surface area contributed by atoms with Crippen LogP contribution in [-0.4, -0.2) is 26.5 Å².